The van der Waals surface area contributed by atoms with Crippen LogP contribution in [0.25, 0.3) is 50.4 Å². The minimum absolute atomic E-state index is 0.0190. The summed E-state index contributed by atoms with van der Waals surface area (Å²) in [6, 6.07) is 22.4. The first-order chi connectivity index (χ1) is 18.5. The van der Waals surface area contributed by atoms with Crippen LogP contribution in [0.1, 0.15) is 5.56 Å². The molecule has 6 nitrogen and oxygen atoms in total. The third kappa shape index (κ3) is 3.57. The van der Waals surface area contributed by atoms with Gasteiger partial charge in [0.15, 0.2) is 5.88 Å². The van der Waals surface area contributed by atoms with E-state index in [-0.39, 0.29) is 11.8 Å². The van der Waals surface area contributed by atoms with Crippen LogP contribution in [0.3, 0.4) is 0 Å². The van der Waals surface area contributed by atoms with Gasteiger partial charge in [0, 0.05) is 26.9 Å². The minimum atomic E-state index is -0.347. The Bertz CT molecular complexity index is 2260. The standard InChI is InChI=1S/C30H16Cl2N4O2/c31-21-3-1-5-23-25(21)19(29(37)35-23)13-17-11-9-15-7-8-16-10-12-18(34-28(16)27(15)33-17)14-20-26-22(32)4-2-6-24(26)36-30(20)38/h1-14,35,37H. The van der Waals surface area contributed by atoms with Gasteiger partial charge < -0.3 is 10.1 Å². The van der Waals surface area contributed by atoms with Gasteiger partial charge >= 0.3 is 0 Å². The molecule has 1 aliphatic rings. The van der Waals surface area contributed by atoms with E-state index in [1.165, 1.54) is 0 Å². The van der Waals surface area contributed by atoms with Gasteiger partial charge in [0.1, 0.15) is 0 Å². The van der Waals surface area contributed by atoms with E-state index in [0.29, 0.717) is 53.5 Å². The first kappa shape index (κ1) is 22.7. The van der Waals surface area contributed by atoms with E-state index in [1.54, 1.807) is 36.4 Å². The summed E-state index contributed by atoms with van der Waals surface area (Å²) in [7, 11) is 0. The highest BCUT2D eigenvalue weighted by Crippen LogP contribution is 2.33. The fourth-order valence-electron chi connectivity index (χ4n) is 4.89. The van der Waals surface area contributed by atoms with E-state index in [2.05, 4.69) is 9.98 Å². The number of hydrogen-bond donors (Lipinski definition) is 2. The van der Waals surface area contributed by atoms with Gasteiger partial charge in [0.2, 0.25) is 0 Å². The van der Waals surface area contributed by atoms with Gasteiger partial charge in [0.25, 0.3) is 5.91 Å². The molecule has 3 aromatic carbocycles. The monoisotopic (exact) mass is 534 g/mol. The van der Waals surface area contributed by atoms with Gasteiger partial charge in [-0.15, -0.1) is 0 Å². The zero-order valence-electron chi connectivity index (χ0n) is 19.5. The molecule has 0 aliphatic carbocycles. The summed E-state index contributed by atoms with van der Waals surface area (Å²) in [5.41, 5.74) is 3.10. The summed E-state index contributed by atoms with van der Waals surface area (Å²) < 4.78 is 0. The number of H-pyrrole nitrogens is 1. The van der Waals surface area contributed by atoms with Crippen molar-refractivity contribution in [2.75, 3.05) is 0 Å². The van der Waals surface area contributed by atoms with Crippen LogP contribution < -0.4 is 21.3 Å². The van der Waals surface area contributed by atoms with Gasteiger partial charge in [-0.1, -0.05) is 59.6 Å². The van der Waals surface area contributed by atoms with Crippen LogP contribution in [0.15, 0.2) is 77.8 Å². The van der Waals surface area contributed by atoms with Gasteiger partial charge in [0.05, 0.1) is 48.2 Å². The molecule has 0 bridgehead atoms. The maximum absolute atomic E-state index is 12.6. The fourth-order valence-corrected chi connectivity index (χ4v) is 5.44. The number of carbonyl (C=O) groups is 1. The van der Waals surface area contributed by atoms with Crippen LogP contribution in [-0.4, -0.2) is 26.0 Å². The van der Waals surface area contributed by atoms with Gasteiger partial charge in [-0.3, -0.25) is 4.79 Å². The fraction of sp³-hybridized carbons (Fsp3) is 0. The smallest absolute Gasteiger partial charge is 0.278 e. The number of halogens is 2. The first-order valence-corrected chi connectivity index (χ1v) is 12.5. The van der Waals surface area contributed by atoms with E-state index >= 15 is 0 Å². The highest BCUT2D eigenvalue weighted by Gasteiger charge is 2.16. The third-order valence-electron chi connectivity index (χ3n) is 6.65. The van der Waals surface area contributed by atoms with Crippen LogP contribution in [0.2, 0.25) is 10.0 Å². The molecule has 1 aliphatic heterocycles. The Morgan fingerprint density at radius 3 is 2.13 bits per heavy atom. The molecule has 4 heterocycles. The molecule has 2 N–H and O–H groups in total. The molecule has 0 fully saturated rings. The number of nitrogens with one attached hydrogen (secondary N) is 1. The highest BCUT2D eigenvalue weighted by molar-refractivity contribution is 6.36. The van der Waals surface area contributed by atoms with E-state index in [4.69, 9.17) is 33.2 Å². The number of nitrogens with zero attached hydrogens (tertiary/aromatic N) is 3. The molecule has 182 valence electrons. The van der Waals surface area contributed by atoms with Gasteiger partial charge in [-0.25, -0.2) is 15.0 Å². The van der Waals surface area contributed by atoms with Crippen LogP contribution in [-0.2, 0) is 4.79 Å². The lowest BCUT2D eigenvalue weighted by atomic mass is 10.1. The molecular formula is C30H16Cl2N4O2. The summed E-state index contributed by atoms with van der Waals surface area (Å²) in [5, 5.41) is 16.5. The predicted molar refractivity (Wildman–Crippen MR) is 150 cm³/mol. The average Bonchev–Trinajstić information content (AvgIpc) is 3.40. The maximum Gasteiger partial charge on any atom is 0.278 e. The maximum atomic E-state index is 12.6. The van der Waals surface area contributed by atoms with E-state index in [9.17, 15) is 9.90 Å². The molecule has 3 aromatic heterocycles. The molecule has 7 rings (SSSR count). The van der Waals surface area contributed by atoms with E-state index in [1.807, 2.05) is 48.5 Å². The molecular weight excluding hydrogens is 519 g/mol. The summed E-state index contributed by atoms with van der Waals surface area (Å²) in [5.74, 6) is -0.328. The zero-order chi connectivity index (χ0) is 26.0. The van der Waals surface area contributed by atoms with E-state index in [0.717, 1.165) is 21.7 Å². The molecule has 0 saturated carbocycles. The number of rotatable bonds is 2. The zero-order valence-corrected chi connectivity index (χ0v) is 21.0. The third-order valence-corrected chi connectivity index (χ3v) is 7.28. The number of pyridine rings is 2. The quantitative estimate of drug-likeness (QED) is 0.329. The highest BCUT2D eigenvalue weighted by atomic mass is 35.5. The van der Waals surface area contributed by atoms with Crippen molar-refractivity contribution >= 4 is 79.5 Å². The SMILES string of the molecule is O=C1N=c2cccc(Cl)c2=C1C=c1ccc2ccc3ccc(=Cc4c(O)[nH]c5cccc(Cl)c45)nc3c2n1. The first-order valence-electron chi connectivity index (χ1n) is 11.8. The molecule has 6 aromatic rings. The lowest BCUT2D eigenvalue weighted by Crippen LogP contribution is -2.24. The normalized spacial score (nSPS) is 14.2. The summed E-state index contributed by atoms with van der Waals surface area (Å²) in [6.07, 6.45) is 3.51. The Morgan fingerprint density at radius 1 is 0.763 bits per heavy atom. The second-order valence-corrected chi connectivity index (χ2v) is 9.80. The average molecular weight is 535 g/mol. The number of carbonyl (C=O) groups excluding carboxylic acids is 1. The number of benzene rings is 3. The van der Waals surface area contributed by atoms with Crippen molar-refractivity contribution in [2.45, 2.75) is 0 Å². The Hall–Kier alpha value is -4.52. The number of aromatic amines is 1. The predicted octanol–water partition coefficient (Wildman–Crippen LogP) is 3.90. The lowest BCUT2D eigenvalue weighted by molar-refractivity contribution is -0.112. The van der Waals surface area contributed by atoms with Crippen LogP contribution in [0.4, 0.5) is 0 Å². The molecule has 1 amide bonds. The number of fused-ring (bicyclic) bond motifs is 5. The molecule has 0 unspecified atom stereocenters. The number of amides is 1. The Balaban J connectivity index is 1.46. The number of aromatic nitrogens is 3. The largest absolute Gasteiger partial charge is 0.494 e. The molecule has 0 atom stereocenters. The van der Waals surface area contributed by atoms with Crippen molar-refractivity contribution in [3.63, 3.8) is 0 Å². The van der Waals surface area contributed by atoms with Crippen molar-refractivity contribution < 1.29 is 9.90 Å². The van der Waals surface area contributed by atoms with Crippen molar-refractivity contribution in [3.8, 4) is 5.88 Å². The van der Waals surface area contributed by atoms with E-state index < -0.39 is 0 Å². The lowest BCUT2D eigenvalue weighted by Gasteiger charge is -2.03. The van der Waals surface area contributed by atoms with Crippen LogP contribution in [0, 0.1) is 0 Å². The number of hydrogen-bond acceptors (Lipinski definition) is 4. The van der Waals surface area contributed by atoms with Gasteiger partial charge in [-0.2, -0.15) is 0 Å². The van der Waals surface area contributed by atoms with Crippen molar-refractivity contribution in [2.24, 2.45) is 4.99 Å². The van der Waals surface area contributed by atoms with Crippen molar-refractivity contribution in [1.29, 1.82) is 0 Å². The van der Waals surface area contributed by atoms with Gasteiger partial charge in [-0.05, 0) is 48.6 Å². The van der Waals surface area contributed by atoms with Crippen LogP contribution in [0.5, 0.6) is 5.88 Å². The van der Waals surface area contributed by atoms with Crippen LogP contribution >= 0.6 is 23.2 Å². The van der Waals surface area contributed by atoms with Crippen molar-refractivity contribution in [3.05, 3.63) is 110 Å². The Morgan fingerprint density at radius 2 is 1.39 bits per heavy atom. The Kier molecular flexibility index (Phi) is 5.08. The minimum Gasteiger partial charge on any atom is -0.494 e. The molecule has 38 heavy (non-hydrogen) atoms. The topological polar surface area (TPSA) is 91.2 Å². The molecule has 0 saturated heterocycles. The summed E-state index contributed by atoms with van der Waals surface area (Å²) in [6.45, 7) is 0. The molecule has 8 heteroatoms. The molecule has 0 spiro atoms. The van der Waals surface area contributed by atoms with Crippen molar-refractivity contribution in [1.82, 2.24) is 15.0 Å². The Labute approximate surface area is 224 Å². The second-order valence-electron chi connectivity index (χ2n) is 8.98. The second kappa shape index (κ2) is 8.52. The number of aromatic hydroxyl groups is 1. The summed E-state index contributed by atoms with van der Waals surface area (Å²) >= 11 is 12.8. The summed E-state index contributed by atoms with van der Waals surface area (Å²) in [4.78, 5) is 29.4. The molecule has 0 radical (unpaired) electrons.